The van der Waals surface area contributed by atoms with Gasteiger partial charge in [-0.25, -0.2) is 4.79 Å². The minimum Gasteiger partial charge on any atom is -0.342 e. The number of carbonyl (C=O) groups is 2. The molecular formula is C20H33N5O2. The van der Waals surface area contributed by atoms with Crippen LogP contribution in [-0.4, -0.2) is 45.8 Å². The first-order valence-electron chi connectivity index (χ1n) is 10.4. The molecule has 1 aliphatic carbocycles. The molecule has 3 amide bonds. The van der Waals surface area contributed by atoms with Crippen molar-refractivity contribution in [3.05, 3.63) is 17.5 Å². The monoisotopic (exact) mass is 375 g/mol. The van der Waals surface area contributed by atoms with Crippen molar-refractivity contribution in [3.63, 3.8) is 0 Å². The third-order valence-electron chi connectivity index (χ3n) is 6.16. The van der Waals surface area contributed by atoms with Crippen molar-refractivity contribution in [2.75, 3.05) is 13.1 Å². The van der Waals surface area contributed by atoms with Crippen molar-refractivity contribution >= 4 is 11.9 Å². The Kier molecular flexibility index (Phi) is 6.39. The van der Waals surface area contributed by atoms with Gasteiger partial charge in [0.1, 0.15) is 0 Å². The van der Waals surface area contributed by atoms with Crippen LogP contribution in [0, 0.1) is 5.92 Å². The smallest absolute Gasteiger partial charge is 0.315 e. The maximum atomic E-state index is 12.5. The maximum absolute atomic E-state index is 12.5. The number of rotatable bonds is 5. The number of carbonyl (C=O) groups excluding carboxylic acids is 2. The molecule has 7 heteroatoms. The number of piperidine rings is 1. The summed E-state index contributed by atoms with van der Waals surface area (Å²) in [6.45, 7) is 5.61. The number of nitrogens with zero attached hydrogens (tertiary/aromatic N) is 3. The van der Waals surface area contributed by atoms with Crippen molar-refractivity contribution in [2.24, 2.45) is 13.0 Å². The minimum atomic E-state index is -0.110. The molecule has 0 bridgehead atoms. The van der Waals surface area contributed by atoms with E-state index in [0.717, 1.165) is 63.6 Å². The van der Waals surface area contributed by atoms with Gasteiger partial charge in [-0.3, -0.25) is 9.48 Å². The summed E-state index contributed by atoms with van der Waals surface area (Å²) in [6.07, 6.45) is 8.35. The molecule has 150 valence electrons. The molecule has 1 aromatic heterocycles. The molecule has 0 saturated carbocycles. The first-order chi connectivity index (χ1) is 13.0. The highest BCUT2D eigenvalue weighted by molar-refractivity contribution is 5.79. The molecular weight excluding hydrogens is 342 g/mol. The lowest BCUT2D eigenvalue weighted by atomic mass is 9.93. The van der Waals surface area contributed by atoms with Gasteiger partial charge >= 0.3 is 6.03 Å². The fourth-order valence-corrected chi connectivity index (χ4v) is 4.38. The number of amides is 3. The predicted octanol–water partition coefficient (Wildman–Crippen LogP) is 2.52. The van der Waals surface area contributed by atoms with Crippen molar-refractivity contribution in [3.8, 4) is 0 Å². The lowest BCUT2D eigenvalue weighted by molar-refractivity contribution is -0.136. The number of hydrogen-bond donors (Lipinski definition) is 2. The van der Waals surface area contributed by atoms with Crippen LogP contribution in [0.25, 0.3) is 0 Å². The van der Waals surface area contributed by atoms with Crippen molar-refractivity contribution in [2.45, 2.75) is 70.9 Å². The van der Waals surface area contributed by atoms with Crippen LogP contribution in [0.15, 0.2) is 6.20 Å². The van der Waals surface area contributed by atoms with Gasteiger partial charge in [-0.2, -0.15) is 5.10 Å². The highest BCUT2D eigenvalue weighted by Gasteiger charge is 2.29. The first-order valence-corrected chi connectivity index (χ1v) is 10.4. The van der Waals surface area contributed by atoms with E-state index in [1.807, 2.05) is 22.8 Å². The van der Waals surface area contributed by atoms with E-state index in [4.69, 9.17) is 0 Å². The Morgan fingerprint density at radius 3 is 2.56 bits per heavy atom. The highest BCUT2D eigenvalue weighted by atomic mass is 16.2. The van der Waals surface area contributed by atoms with E-state index in [1.54, 1.807) is 0 Å². The van der Waals surface area contributed by atoms with Crippen LogP contribution in [0.2, 0.25) is 0 Å². The Morgan fingerprint density at radius 1 is 1.19 bits per heavy atom. The molecule has 0 spiro atoms. The molecule has 1 aromatic rings. The second-order valence-corrected chi connectivity index (χ2v) is 7.85. The van der Waals surface area contributed by atoms with Gasteiger partial charge in [-0.05, 0) is 44.9 Å². The summed E-state index contributed by atoms with van der Waals surface area (Å²) >= 11 is 0. The predicted molar refractivity (Wildman–Crippen MR) is 104 cm³/mol. The maximum Gasteiger partial charge on any atom is 0.315 e. The Labute approximate surface area is 161 Å². The summed E-state index contributed by atoms with van der Waals surface area (Å²) in [7, 11) is 1.96. The van der Waals surface area contributed by atoms with Gasteiger partial charge in [-0.15, -0.1) is 0 Å². The van der Waals surface area contributed by atoms with E-state index < -0.39 is 0 Å². The largest absolute Gasteiger partial charge is 0.342 e. The average molecular weight is 376 g/mol. The Balaban J connectivity index is 1.47. The van der Waals surface area contributed by atoms with Gasteiger partial charge < -0.3 is 15.5 Å². The van der Waals surface area contributed by atoms with E-state index in [-0.39, 0.29) is 29.9 Å². The van der Waals surface area contributed by atoms with E-state index in [9.17, 15) is 9.59 Å². The summed E-state index contributed by atoms with van der Waals surface area (Å²) < 4.78 is 1.91. The number of fused-ring (bicyclic) bond motifs is 1. The van der Waals surface area contributed by atoms with Crippen LogP contribution in [0.4, 0.5) is 4.79 Å². The lowest BCUT2D eigenvalue weighted by Crippen LogP contribution is -2.50. The van der Waals surface area contributed by atoms with Crippen LogP contribution in [-0.2, 0) is 18.3 Å². The average Bonchev–Trinajstić information content (AvgIpc) is 3.05. The summed E-state index contributed by atoms with van der Waals surface area (Å²) in [5.41, 5.74) is 2.37. The SMILES string of the molecule is CCC(CC)C(=O)N1CCC(NC(=O)NC2CCCc3c2cnn3C)CC1. The molecule has 2 aliphatic rings. The van der Waals surface area contributed by atoms with Crippen molar-refractivity contribution in [1.29, 1.82) is 0 Å². The molecule has 7 nitrogen and oxygen atoms in total. The number of nitrogens with one attached hydrogen (secondary N) is 2. The zero-order valence-electron chi connectivity index (χ0n) is 16.8. The van der Waals surface area contributed by atoms with Gasteiger partial charge in [0.05, 0.1) is 12.2 Å². The van der Waals surface area contributed by atoms with Gasteiger partial charge in [0, 0.05) is 43.4 Å². The second-order valence-electron chi connectivity index (χ2n) is 7.85. The molecule has 0 aromatic carbocycles. The Bertz CT molecular complexity index is 659. The van der Waals surface area contributed by atoms with Gasteiger partial charge in [0.25, 0.3) is 0 Å². The third kappa shape index (κ3) is 4.45. The highest BCUT2D eigenvalue weighted by Crippen LogP contribution is 2.29. The van der Waals surface area contributed by atoms with E-state index in [0.29, 0.717) is 0 Å². The van der Waals surface area contributed by atoms with Gasteiger partial charge in [0.2, 0.25) is 5.91 Å². The second kappa shape index (κ2) is 8.76. The number of urea groups is 1. The molecule has 27 heavy (non-hydrogen) atoms. The number of aryl methyl sites for hydroxylation is 1. The Morgan fingerprint density at radius 2 is 1.89 bits per heavy atom. The van der Waals surface area contributed by atoms with Crippen LogP contribution >= 0.6 is 0 Å². The number of aromatic nitrogens is 2. The number of hydrogen-bond acceptors (Lipinski definition) is 3. The summed E-state index contributed by atoms with van der Waals surface area (Å²) in [4.78, 5) is 26.9. The van der Waals surface area contributed by atoms with E-state index in [2.05, 4.69) is 29.6 Å². The fourth-order valence-electron chi connectivity index (χ4n) is 4.38. The van der Waals surface area contributed by atoms with Crippen molar-refractivity contribution < 1.29 is 9.59 Å². The summed E-state index contributed by atoms with van der Waals surface area (Å²) in [6, 6.07) is 0.0631. The van der Waals surface area contributed by atoms with E-state index in [1.165, 1.54) is 5.69 Å². The van der Waals surface area contributed by atoms with Crippen molar-refractivity contribution in [1.82, 2.24) is 25.3 Å². The molecule has 1 saturated heterocycles. The molecule has 1 fully saturated rings. The zero-order chi connectivity index (χ0) is 19.4. The summed E-state index contributed by atoms with van der Waals surface area (Å²) in [5, 5.41) is 10.6. The Hall–Kier alpha value is -2.05. The first kappa shape index (κ1) is 19.7. The van der Waals surface area contributed by atoms with E-state index >= 15 is 0 Å². The molecule has 2 N–H and O–H groups in total. The molecule has 1 unspecified atom stereocenters. The fraction of sp³-hybridized carbons (Fsp3) is 0.750. The lowest BCUT2D eigenvalue weighted by Gasteiger charge is -2.34. The molecule has 2 heterocycles. The van der Waals surface area contributed by atoms with Crippen LogP contribution in [0.1, 0.15) is 69.7 Å². The van der Waals surface area contributed by atoms with Gasteiger partial charge in [-0.1, -0.05) is 13.8 Å². The number of likely N-dealkylation sites (tertiary alicyclic amines) is 1. The molecule has 0 radical (unpaired) electrons. The minimum absolute atomic E-state index is 0.0407. The quantitative estimate of drug-likeness (QED) is 0.830. The topological polar surface area (TPSA) is 79.3 Å². The molecule has 1 atom stereocenters. The zero-order valence-corrected chi connectivity index (χ0v) is 16.8. The van der Waals surface area contributed by atoms with Gasteiger partial charge in [0.15, 0.2) is 0 Å². The normalized spacial score (nSPS) is 20.4. The molecule has 3 rings (SSSR count). The van der Waals surface area contributed by atoms with Crippen LogP contribution in [0.3, 0.4) is 0 Å². The van der Waals surface area contributed by atoms with Crippen LogP contribution in [0.5, 0.6) is 0 Å². The van der Waals surface area contributed by atoms with Crippen LogP contribution < -0.4 is 10.6 Å². The standard InChI is InChI=1S/C20H33N5O2/c1-4-14(5-2)19(26)25-11-9-15(10-12-25)22-20(27)23-17-7-6-8-18-16(17)13-21-24(18)3/h13-15,17H,4-12H2,1-3H3,(H2,22,23,27). The summed E-state index contributed by atoms with van der Waals surface area (Å²) in [5.74, 6) is 0.409. The third-order valence-corrected chi connectivity index (χ3v) is 6.16. The molecule has 1 aliphatic heterocycles.